The van der Waals surface area contributed by atoms with Gasteiger partial charge in [-0.1, -0.05) is 58.7 Å². The second-order valence-electron chi connectivity index (χ2n) is 9.00. The number of halogens is 2. The van der Waals surface area contributed by atoms with Gasteiger partial charge in [-0.25, -0.2) is 0 Å². The van der Waals surface area contributed by atoms with Crippen LogP contribution in [-0.4, -0.2) is 35.6 Å². The Morgan fingerprint density at radius 3 is 2.46 bits per heavy atom. The number of rotatable bonds is 9. The number of carbonyl (C=O) groups is 1. The minimum atomic E-state index is -0.271. The highest BCUT2D eigenvalue weighted by molar-refractivity contribution is 6.31. The van der Waals surface area contributed by atoms with E-state index in [9.17, 15) is 4.79 Å². The summed E-state index contributed by atoms with van der Waals surface area (Å²) in [6, 6.07) is 24.6. The van der Waals surface area contributed by atoms with E-state index in [2.05, 4.69) is 15.4 Å². The average Bonchev–Trinajstić information content (AvgIpc) is 3.63. The maximum absolute atomic E-state index is 12.9. The molecule has 1 atom stereocenters. The summed E-state index contributed by atoms with van der Waals surface area (Å²) in [5, 5.41) is 8.40. The van der Waals surface area contributed by atoms with Crippen molar-refractivity contribution in [3.8, 4) is 17.1 Å². The highest BCUT2D eigenvalue weighted by Gasteiger charge is 2.25. The largest absolute Gasteiger partial charge is 0.489 e. The number of benzene rings is 3. The van der Waals surface area contributed by atoms with E-state index in [0.29, 0.717) is 34.7 Å². The number of hydrogen-bond acceptors (Lipinski definition) is 5. The lowest BCUT2D eigenvalue weighted by molar-refractivity contribution is 0.0929. The summed E-state index contributed by atoms with van der Waals surface area (Å²) in [7, 11) is 0. The Kier molecular flexibility index (Phi) is 8.09. The summed E-state index contributed by atoms with van der Waals surface area (Å²) in [5.74, 6) is 0.945. The molecule has 1 amide bonds. The molecule has 1 aliphatic heterocycles. The maximum atomic E-state index is 12.9. The predicted molar refractivity (Wildman–Crippen MR) is 145 cm³/mol. The molecule has 0 bridgehead atoms. The minimum Gasteiger partial charge on any atom is -0.489 e. The standard InChI is InChI=1S/C29H27Cl2N3O3/c30-23-11-7-20(8-12-23)27(34-15-3-4-16-34)18-32-29(35)26-17-28(37-33-26)21-9-13-24(14-10-21)36-19-22-5-1-2-6-25(22)31/h1-2,5-14,17,27H,3-4,15-16,18-19H2,(H,32,35). The molecular formula is C29H27Cl2N3O3. The highest BCUT2D eigenvalue weighted by atomic mass is 35.5. The van der Waals surface area contributed by atoms with Crippen molar-refractivity contribution in [1.29, 1.82) is 0 Å². The summed E-state index contributed by atoms with van der Waals surface area (Å²) < 4.78 is 11.3. The molecule has 1 fully saturated rings. The fourth-order valence-corrected chi connectivity index (χ4v) is 4.80. The number of nitrogens with zero attached hydrogens (tertiary/aromatic N) is 2. The molecule has 1 N–H and O–H groups in total. The van der Waals surface area contributed by atoms with E-state index in [4.69, 9.17) is 32.5 Å². The van der Waals surface area contributed by atoms with Crippen molar-refractivity contribution in [2.24, 2.45) is 0 Å². The first-order chi connectivity index (χ1) is 18.1. The van der Waals surface area contributed by atoms with Gasteiger partial charge in [0.2, 0.25) is 0 Å². The Hall–Kier alpha value is -3.32. The zero-order chi connectivity index (χ0) is 25.6. The molecule has 190 valence electrons. The van der Waals surface area contributed by atoms with E-state index < -0.39 is 0 Å². The Bertz CT molecular complexity index is 1330. The van der Waals surface area contributed by atoms with Crippen molar-refractivity contribution in [3.05, 3.63) is 106 Å². The molecule has 5 rings (SSSR count). The van der Waals surface area contributed by atoms with Gasteiger partial charge in [0.15, 0.2) is 11.5 Å². The van der Waals surface area contributed by atoms with Crippen molar-refractivity contribution < 1.29 is 14.1 Å². The quantitative estimate of drug-likeness (QED) is 0.255. The first-order valence-electron chi connectivity index (χ1n) is 12.3. The Morgan fingerprint density at radius 1 is 1.00 bits per heavy atom. The average molecular weight is 536 g/mol. The number of likely N-dealkylation sites (tertiary alicyclic amines) is 1. The summed E-state index contributed by atoms with van der Waals surface area (Å²) in [5.41, 5.74) is 3.09. The number of carbonyl (C=O) groups excluding carboxylic acids is 1. The molecule has 3 aromatic carbocycles. The number of amides is 1. The number of hydrogen-bond donors (Lipinski definition) is 1. The van der Waals surface area contributed by atoms with Gasteiger partial charge in [-0.2, -0.15) is 0 Å². The van der Waals surface area contributed by atoms with Gasteiger partial charge in [0.1, 0.15) is 12.4 Å². The van der Waals surface area contributed by atoms with Gasteiger partial charge in [-0.15, -0.1) is 0 Å². The second kappa shape index (κ2) is 11.8. The number of aromatic nitrogens is 1. The normalized spacial score (nSPS) is 14.4. The Balaban J connectivity index is 1.20. The third-order valence-electron chi connectivity index (χ3n) is 6.53. The Labute approximate surface area is 226 Å². The van der Waals surface area contributed by atoms with Crippen LogP contribution in [0.1, 0.15) is 40.5 Å². The predicted octanol–water partition coefficient (Wildman–Crippen LogP) is 6.79. The van der Waals surface area contributed by atoms with Gasteiger partial charge in [0.05, 0.1) is 6.04 Å². The van der Waals surface area contributed by atoms with E-state index in [0.717, 1.165) is 42.6 Å². The first-order valence-corrected chi connectivity index (χ1v) is 13.0. The van der Waals surface area contributed by atoms with Crippen LogP contribution in [0.25, 0.3) is 11.3 Å². The van der Waals surface area contributed by atoms with Crippen LogP contribution in [0.15, 0.2) is 83.4 Å². The summed E-state index contributed by atoms with van der Waals surface area (Å²) in [6.45, 7) is 2.87. The molecule has 37 heavy (non-hydrogen) atoms. The smallest absolute Gasteiger partial charge is 0.273 e. The molecule has 0 saturated carbocycles. The van der Waals surface area contributed by atoms with Crippen LogP contribution in [0.2, 0.25) is 10.0 Å². The van der Waals surface area contributed by atoms with Gasteiger partial charge in [-0.3, -0.25) is 9.69 Å². The molecule has 1 unspecified atom stereocenters. The number of ether oxygens (including phenoxy) is 1. The maximum Gasteiger partial charge on any atom is 0.273 e. The van der Waals surface area contributed by atoms with E-state index in [-0.39, 0.29) is 17.6 Å². The Morgan fingerprint density at radius 2 is 1.73 bits per heavy atom. The zero-order valence-electron chi connectivity index (χ0n) is 20.2. The second-order valence-corrected chi connectivity index (χ2v) is 9.84. The molecular weight excluding hydrogens is 509 g/mol. The van der Waals surface area contributed by atoms with Crippen molar-refractivity contribution in [3.63, 3.8) is 0 Å². The van der Waals surface area contributed by atoms with Crippen LogP contribution >= 0.6 is 23.2 Å². The fraction of sp³-hybridized carbons (Fsp3) is 0.241. The lowest BCUT2D eigenvalue weighted by Gasteiger charge is -2.28. The topological polar surface area (TPSA) is 67.6 Å². The van der Waals surface area contributed by atoms with Gasteiger partial charge in [0.25, 0.3) is 5.91 Å². The molecule has 6 nitrogen and oxygen atoms in total. The third kappa shape index (κ3) is 6.34. The van der Waals surface area contributed by atoms with Crippen LogP contribution in [0.5, 0.6) is 5.75 Å². The molecule has 0 aliphatic carbocycles. The van der Waals surface area contributed by atoms with Crippen molar-refractivity contribution >= 4 is 29.1 Å². The lowest BCUT2D eigenvalue weighted by Crippen LogP contribution is -2.36. The van der Waals surface area contributed by atoms with Gasteiger partial charge < -0.3 is 14.6 Å². The molecule has 0 spiro atoms. The zero-order valence-corrected chi connectivity index (χ0v) is 21.7. The van der Waals surface area contributed by atoms with Gasteiger partial charge in [0, 0.05) is 33.8 Å². The molecule has 4 aromatic rings. The monoisotopic (exact) mass is 535 g/mol. The van der Waals surface area contributed by atoms with Crippen molar-refractivity contribution in [2.75, 3.05) is 19.6 Å². The summed E-state index contributed by atoms with van der Waals surface area (Å²) >= 11 is 12.3. The van der Waals surface area contributed by atoms with E-state index in [1.54, 1.807) is 6.07 Å². The third-order valence-corrected chi connectivity index (χ3v) is 7.15. The molecule has 1 aliphatic rings. The summed E-state index contributed by atoms with van der Waals surface area (Å²) in [6.07, 6.45) is 2.32. The molecule has 1 aromatic heterocycles. The van der Waals surface area contributed by atoms with Crippen LogP contribution < -0.4 is 10.1 Å². The molecule has 0 radical (unpaired) electrons. The lowest BCUT2D eigenvalue weighted by atomic mass is 10.1. The van der Waals surface area contributed by atoms with Crippen LogP contribution in [0, 0.1) is 0 Å². The molecule has 2 heterocycles. The van der Waals surface area contributed by atoms with Crippen LogP contribution in [0.3, 0.4) is 0 Å². The number of nitrogens with one attached hydrogen (secondary N) is 1. The fourth-order valence-electron chi connectivity index (χ4n) is 4.49. The molecule has 1 saturated heterocycles. The van der Waals surface area contributed by atoms with E-state index in [1.165, 1.54) is 0 Å². The SMILES string of the molecule is O=C(NCC(c1ccc(Cl)cc1)N1CCCC1)c1cc(-c2ccc(OCc3ccccc3Cl)cc2)on1. The van der Waals surface area contributed by atoms with Crippen molar-refractivity contribution in [1.82, 2.24) is 15.4 Å². The summed E-state index contributed by atoms with van der Waals surface area (Å²) in [4.78, 5) is 15.3. The molecule has 8 heteroatoms. The van der Waals surface area contributed by atoms with Gasteiger partial charge in [-0.05, 0) is 74.0 Å². The van der Waals surface area contributed by atoms with Crippen molar-refractivity contribution in [2.45, 2.75) is 25.5 Å². The van der Waals surface area contributed by atoms with Crippen LogP contribution in [0.4, 0.5) is 0 Å². The highest BCUT2D eigenvalue weighted by Crippen LogP contribution is 2.27. The van der Waals surface area contributed by atoms with E-state index in [1.807, 2.05) is 72.8 Å². The minimum absolute atomic E-state index is 0.0772. The first kappa shape index (κ1) is 25.3. The van der Waals surface area contributed by atoms with Crippen LogP contribution in [-0.2, 0) is 6.61 Å². The van der Waals surface area contributed by atoms with E-state index >= 15 is 0 Å². The van der Waals surface area contributed by atoms with Gasteiger partial charge >= 0.3 is 0 Å².